The van der Waals surface area contributed by atoms with E-state index in [9.17, 15) is 14.7 Å². The number of oxazole rings is 1. The molecule has 240 valence electrons. The van der Waals surface area contributed by atoms with E-state index in [0.717, 1.165) is 50.0 Å². The minimum Gasteiger partial charge on any atom is -0.484 e. The Morgan fingerprint density at radius 1 is 1.18 bits per heavy atom. The van der Waals surface area contributed by atoms with E-state index in [-0.39, 0.29) is 30.8 Å². The topological polar surface area (TPSA) is 137 Å². The Morgan fingerprint density at radius 2 is 2.00 bits per heavy atom. The molecule has 6 rings (SSSR count). The van der Waals surface area contributed by atoms with E-state index in [1.165, 1.54) is 12.8 Å². The van der Waals surface area contributed by atoms with Crippen LogP contribution in [0.25, 0.3) is 0 Å². The number of aliphatic hydroxyl groups excluding tert-OH is 1. The second kappa shape index (κ2) is 14.1. The zero-order valence-electron chi connectivity index (χ0n) is 25.6. The van der Waals surface area contributed by atoms with Crippen LogP contribution in [0.2, 0.25) is 5.02 Å². The van der Waals surface area contributed by atoms with Crippen molar-refractivity contribution in [3.63, 3.8) is 0 Å². The van der Waals surface area contributed by atoms with Crippen molar-refractivity contribution >= 4 is 35.1 Å². The Kier molecular flexibility index (Phi) is 9.82. The molecule has 0 radical (unpaired) electrons. The summed E-state index contributed by atoms with van der Waals surface area (Å²) in [4.78, 5) is 44.3. The highest BCUT2D eigenvalue weighted by molar-refractivity contribution is 6.33. The first-order valence-corrected chi connectivity index (χ1v) is 16.1. The number of rotatable bonds is 12. The third kappa shape index (κ3) is 7.74. The molecule has 12 nitrogen and oxygen atoms in total. The second-order valence-corrected chi connectivity index (χ2v) is 12.5. The fraction of sp³-hybridized carbons (Fsp3) is 0.531. The number of hydrogen-bond acceptors (Lipinski definition) is 11. The summed E-state index contributed by atoms with van der Waals surface area (Å²) in [5.41, 5.74) is 2.51. The van der Waals surface area contributed by atoms with Crippen molar-refractivity contribution in [2.24, 2.45) is 0 Å². The fourth-order valence-electron chi connectivity index (χ4n) is 6.12. The van der Waals surface area contributed by atoms with Crippen LogP contribution in [0.5, 0.6) is 5.75 Å². The van der Waals surface area contributed by atoms with Crippen LogP contribution in [0.15, 0.2) is 35.2 Å². The lowest BCUT2D eigenvalue weighted by Crippen LogP contribution is -2.56. The summed E-state index contributed by atoms with van der Waals surface area (Å²) in [7, 11) is 0. The molecule has 45 heavy (non-hydrogen) atoms. The van der Waals surface area contributed by atoms with Gasteiger partial charge in [-0.3, -0.25) is 14.5 Å². The first kappa shape index (κ1) is 31.3. The number of benzene rings is 1. The first-order valence-electron chi connectivity index (χ1n) is 15.7. The van der Waals surface area contributed by atoms with E-state index in [4.69, 9.17) is 25.7 Å². The minimum atomic E-state index is -0.663. The van der Waals surface area contributed by atoms with Crippen LogP contribution in [0, 0.1) is 0 Å². The molecule has 3 aromatic rings. The van der Waals surface area contributed by atoms with Crippen molar-refractivity contribution < 1.29 is 23.8 Å². The predicted octanol–water partition coefficient (Wildman–Crippen LogP) is 3.71. The maximum absolute atomic E-state index is 13.4. The number of amides is 1. The van der Waals surface area contributed by atoms with E-state index in [0.29, 0.717) is 66.6 Å². The molecule has 5 heterocycles. The lowest BCUT2D eigenvalue weighted by molar-refractivity contribution is -0.132. The zero-order valence-corrected chi connectivity index (χ0v) is 26.3. The Morgan fingerprint density at radius 3 is 2.76 bits per heavy atom. The Bertz CT molecular complexity index is 1490. The van der Waals surface area contributed by atoms with Gasteiger partial charge in [-0.25, -0.2) is 9.97 Å². The number of piperidine rings is 1. The van der Waals surface area contributed by atoms with Gasteiger partial charge in [0.15, 0.2) is 17.9 Å². The van der Waals surface area contributed by atoms with Gasteiger partial charge in [0.05, 0.1) is 23.4 Å². The van der Waals surface area contributed by atoms with E-state index in [1.54, 1.807) is 24.1 Å². The van der Waals surface area contributed by atoms with Gasteiger partial charge in [0.1, 0.15) is 23.9 Å². The van der Waals surface area contributed by atoms with Crippen LogP contribution in [-0.2, 0) is 24.4 Å². The van der Waals surface area contributed by atoms with Gasteiger partial charge in [-0.15, -0.1) is 0 Å². The smallest absolute Gasteiger partial charge is 0.227 e. The van der Waals surface area contributed by atoms with Gasteiger partial charge in [0.25, 0.3) is 0 Å². The average Bonchev–Trinajstić information content (AvgIpc) is 3.55. The molecule has 2 N–H and O–H groups in total. The van der Waals surface area contributed by atoms with Gasteiger partial charge >= 0.3 is 0 Å². The number of nitrogens with zero attached hydrogens (tertiary/aromatic N) is 6. The number of Topliss-reactive ketones (excluding diaryl/α,β-unsaturated/α-hetero) is 1. The number of nitrogens with one attached hydrogen (secondary N) is 1. The number of β-amino-alcohol motifs (C(OH)–C–C–N with tert-alkyl or cyclic N) is 1. The molecule has 0 bridgehead atoms. The number of anilines is 2. The number of likely N-dealkylation sites (tertiary alicyclic amines) is 1. The van der Waals surface area contributed by atoms with E-state index in [1.807, 2.05) is 12.1 Å². The third-order valence-electron chi connectivity index (χ3n) is 8.72. The maximum Gasteiger partial charge on any atom is 0.227 e. The molecule has 0 spiro atoms. The quantitative estimate of drug-likeness (QED) is 0.281. The van der Waals surface area contributed by atoms with Crippen LogP contribution in [-0.4, -0.2) is 93.0 Å². The highest BCUT2D eigenvalue weighted by Crippen LogP contribution is 2.34. The highest BCUT2D eigenvalue weighted by Gasteiger charge is 2.29. The number of halogens is 1. The number of fused-ring (bicyclic) bond motifs is 1. The molecule has 0 saturated carbocycles. The summed E-state index contributed by atoms with van der Waals surface area (Å²) in [6, 6.07) is 5.67. The standard InChI is InChI=1S/C32H40ClN7O5/c1-21(41)40-16-23(17-40)35-30-13-27(36-32(37-30)39-10-3-2-4-11-39)28(43)7-6-24(42)18-38-12-9-26-22(15-38)5-8-29(31(26)33)44-19-25-14-34-20-45-25/h5,8,13-14,20,23-24,42H,2-4,6-7,9-12,15-19H2,1H3,(H,35,36,37)/t24-/m0/s1. The number of ether oxygens (including phenoxy) is 1. The summed E-state index contributed by atoms with van der Waals surface area (Å²) in [6.07, 6.45) is 6.88. The van der Waals surface area contributed by atoms with Gasteiger partial charge in [-0.1, -0.05) is 17.7 Å². The predicted molar refractivity (Wildman–Crippen MR) is 169 cm³/mol. The SMILES string of the molecule is CC(=O)N1CC(Nc2cc(C(=O)CC[C@H](O)CN3CCc4c(ccc(OCc5cnco5)c4Cl)C3)nc(N3CCCCC3)n2)C1. The average molecular weight is 638 g/mol. The summed E-state index contributed by atoms with van der Waals surface area (Å²) in [5, 5.41) is 14.9. The zero-order chi connectivity index (χ0) is 31.3. The summed E-state index contributed by atoms with van der Waals surface area (Å²) >= 11 is 6.68. The third-order valence-corrected chi connectivity index (χ3v) is 9.14. The molecule has 13 heteroatoms. The molecule has 0 aliphatic carbocycles. The molecule has 1 aromatic carbocycles. The van der Waals surface area contributed by atoms with Crippen molar-refractivity contribution in [2.45, 2.75) is 70.7 Å². The monoisotopic (exact) mass is 637 g/mol. The van der Waals surface area contributed by atoms with E-state index < -0.39 is 6.10 Å². The Hall–Kier alpha value is -3.74. The Labute approximate surface area is 267 Å². The molecular formula is C32H40ClN7O5. The highest BCUT2D eigenvalue weighted by atomic mass is 35.5. The van der Waals surface area contributed by atoms with Crippen molar-refractivity contribution in [1.29, 1.82) is 0 Å². The van der Waals surface area contributed by atoms with Crippen LogP contribution < -0.4 is 15.0 Å². The van der Waals surface area contributed by atoms with Crippen LogP contribution in [0.3, 0.4) is 0 Å². The van der Waals surface area contributed by atoms with E-state index >= 15 is 0 Å². The summed E-state index contributed by atoms with van der Waals surface area (Å²) in [5.74, 6) is 2.32. The minimum absolute atomic E-state index is 0.0515. The van der Waals surface area contributed by atoms with Gasteiger partial charge < -0.3 is 29.4 Å². The van der Waals surface area contributed by atoms with Crippen molar-refractivity contribution in [3.8, 4) is 5.75 Å². The van der Waals surface area contributed by atoms with E-state index in [2.05, 4.69) is 25.1 Å². The van der Waals surface area contributed by atoms with Crippen LogP contribution >= 0.6 is 11.6 Å². The lowest BCUT2D eigenvalue weighted by Gasteiger charge is -2.39. The molecule has 3 aliphatic rings. The van der Waals surface area contributed by atoms with Crippen LogP contribution in [0.4, 0.5) is 11.8 Å². The molecule has 3 aliphatic heterocycles. The molecule has 1 atom stereocenters. The normalized spacial score (nSPS) is 17.8. The van der Waals surface area contributed by atoms with Crippen molar-refractivity contribution in [3.05, 3.63) is 58.4 Å². The molecule has 2 aromatic heterocycles. The molecule has 2 fully saturated rings. The van der Waals surface area contributed by atoms with Crippen LogP contribution in [0.1, 0.15) is 66.4 Å². The number of aromatic nitrogens is 3. The first-order chi connectivity index (χ1) is 21.8. The van der Waals surface area contributed by atoms with Gasteiger partial charge in [0.2, 0.25) is 11.9 Å². The second-order valence-electron chi connectivity index (χ2n) is 12.1. The Balaban J connectivity index is 1.03. The summed E-state index contributed by atoms with van der Waals surface area (Å²) in [6.45, 7) is 6.61. The molecule has 1 amide bonds. The van der Waals surface area contributed by atoms with Crippen molar-refractivity contribution in [2.75, 3.05) is 49.5 Å². The summed E-state index contributed by atoms with van der Waals surface area (Å²) < 4.78 is 11.1. The number of ketones is 1. The lowest BCUT2D eigenvalue weighted by atomic mass is 9.98. The molecule has 0 unspecified atom stereocenters. The largest absolute Gasteiger partial charge is 0.484 e. The maximum atomic E-state index is 13.4. The molecular weight excluding hydrogens is 598 g/mol. The van der Waals surface area contributed by atoms with Gasteiger partial charge in [-0.2, -0.15) is 4.98 Å². The number of carbonyl (C=O) groups is 2. The fourth-order valence-corrected chi connectivity index (χ4v) is 6.45. The van der Waals surface area contributed by atoms with Gasteiger partial charge in [-0.05, 0) is 49.3 Å². The number of hydrogen-bond donors (Lipinski definition) is 2. The molecule has 2 saturated heterocycles. The van der Waals surface area contributed by atoms with Gasteiger partial charge in [0, 0.05) is 65.2 Å². The van der Waals surface area contributed by atoms with Crippen molar-refractivity contribution in [1.82, 2.24) is 24.8 Å². The number of carbonyl (C=O) groups excluding carboxylic acids is 2. The number of aliphatic hydroxyl groups is 1.